The molecule has 2 aromatic carbocycles. The first kappa shape index (κ1) is 27.2. The molecule has 192 valence electrons. The summed E-state index contributed by atoms with van der Waals surface area (Å²) in [6, 6.07) is 13.9. The molecule has 1 aliphatic heterocycles. The number of nitrogens with one attached hydrogen (secondary N) is 1. The van der Waals surface area contributed by atoms with Gasteiger partial charge in [-0.05, 0) is 79.8 Å². The average Bonchev–Trinajstić information content (AvgIpc) is 2.84. The summed E-state index contributed by atoms with van der Waals surface area (Å²) in [6.45, 7) is 8.99. The molecular weight excluding hydrogens is 460 g/mol. The Morgan fingerprint density at radius 2 is 1.86 bits per heavy atom. The van der Waals surface area contributed by atoms with Crippen molar-refractivity contribution in [1.29, 1.82) is 0 Å². The van der Waals surface area contributed by atoms with Gasteiger partial charge in [0.2, 0.25) is 15.9 Å². The van der Waals surface area contributed by atoms with Crippen LogP contribution in [0.25, 0.3) is 0 Å². The fraction of sp³-hybridized carbons (Fsp3) is 0.536. The van der Waals surface area contributed by atoms with E-state index >= 15 is 0 Å². The number of aryl methyl sites for hydroxylation is 2. The molecule has 0 bridgehead atoms. The maximum atomic E-state index is 13.1. The van der Waals surface area contributed by atoms with Crippen molar-refractivity contribution in [2.45, 2.75) is 65.3 Å². The molecule has 1 saturated heterocycles. The van der Waals surface area contributed by atoms with Crippen LogP contribution in [-0.2, 0) is 21.2 Å². The Labute approximate surface area is 211 Å². The molecule has 2 atom stereocenters. The summed E-state index contributed by atoms with van der Waals surface area (Å²) in [5, 5.41) is 3.15. The highest BCUT2D eigenvalue weighted by Crippen LogP contribution is 2.32. The molecule has 1 heterocycles. The molecule has 0 aliphatic carbocycles. The Kier molecular flexibility index (Phi) is 9.36. The van der Waals surface area contributed by atoms with Crippen LogP contribution >= 0.6 is 0 Å². The second-order valence-electron chi connectivity index (χ2n) is 9.94. The van der Waals surface area contributed by atoms with Gasteiger partial charge in [0, 0.05) is 13.1 Å². The number of carbonyl (C=O) groups excluding carboxylic acids is 1. The highest BCUT2D eigenvalue weighted by atomic mass is 32.2. The lowest BCUT2D eigenvalue weighted by atomic mass is 9.92. The van der Waals surface area contributed by atoms with Crippen molar-refractivity contribution in [3.05, 3.63) is 64.7 Å². The number of carbonyl (C=O) groups is 1. The molecule has 1 amide bonds. The van der Waals surface area contributed by atoms with Gasteiger partial charge in [-0.3, -0.25) is 4.79 Å². The number of rotatable bonds is 10. The lowest BCUT2D eigenvalue weighted by Crippen LogP contribution is -2.46. The van der Waals surface area contributed by atoms with Gasteiger partial charge in [0.05, 0.1) is 24.8 Å². The van der Waals surface area contributed by atoms with E-state index in [4.69, 9.17) is 4.74 Å². The molecular formula is C28H40N2O4S. The zero-order valence-electron chi connectivity index (χ0n) is 21.7. The van der Waals surface area contributed by atoms with Gasteiger partial charge in [-0.1, -0.05) is 44.2 Å². The minimum atomic E-state index is -3.39. The topological polar surface area (TPSA) is 75.7 Å². The SMILES string of the molecule is COc1cc(C)c([C@@H](C)NC(=O)[C@@H]2CCCN(S(=O)(=O)CCCc3ccccc3)C2)cc1C(C)C. The van der Waals surface area contributed by atoms with Gasteiger partial charge in [-0.15, -0.1) is 0 Å². The highest BCUT2D eigenvalue weighted by Gasteiger charge is 2.32. The van der Waals surface area contributed by atoms with Crippen LogP contribution in [0.2, 0.25) is 0 Å². The molecule has 35 heavy (non-hydrogen) atoms. The van der Waals surface area contributed by atoms with Gasteiger partial charge < -0.3 is 10.1 Å². The van der Waals surface area contributed by atoms with Crippen LogP contribution in [-0.4, -0.2) is 44.6 Å². The van der Waals surface area contributed by atoms with E-state index in [-0.39, 0.29) is 30.2 Å². The van der Waals surface area contributed by atoms with Gasteiger partial charge in [-0.25, -0.2) is 12.7 Å². The molecule has 1 N–H and O–H groups in total. The molecule has 0 radical (unpaired) electrons. The van der Waals surface area contributed by atoms with Gasteiger partial charge in [0.1, 0.15) is 5.75 Å². The average molecular weight is 501 g/mol. The third-order valence-electron chi connectivity index (χ3n) is 6.92. The zero-order valence-corrected chi connectivity index (χ0v) is 22.5. The summed E-state index contributed by atoms with van der Waals surface area (Å²) >= 11 is 0. The summed E-state index contributed by atoms with van der Waals surface area (Å²) in [5.41, 5.74) is 4.37. The molecule has 3 rings (SSSR count). The fourth-order valence-electron chi connectivity index (χ4n) is 4.86. The highest BCUT2D eigenvalue weighted by molar-refractivity contribution is 7.89. The standard InChI is InChI=1S/C28H40N2O4S/c1-20(2)25-18-26(21(3)17-27(25)34-5)22(4)29-28(31)24-14-9-15-30(19-24)35(32,33)16-10-13-23-11-7-6-8-12-23/h6-8,11-12,17-18,20,22,24H,9-10,13-16,19H2,1-5H3,(H,29,31)/t22-,24-/m1/s1. The largest absolute Gasteiger partial charge is 0.496 e. The normalized spacial score (nSPS) is 17.8. The number of piperidine rings is 1. The Morgan fingerprint density at radius 1 is 1.14 bits per heavy atom. The third-order valence-corrected chi connectivity index (χ3v) is 8.85. The number of nitrogens with zero attached hydrogens (tertiary/aromatic N) is 1. The van der Waals surface area contributed by atoms with Crippen LogP contribution in [0.4, 0.5) is 0 Å². The molecule has 0 spiro atoms. The van der Waals surface area contributed by atoms with Crippen LogP contribution in [0.5, 0.6) is 5.75 Å². The Morgan fingerprint density at radius 3 is 2.51 bits per heavy atom. The lowest BCUT2D eigenvalue weighted by molar-refractivity contribution is -0.126. The van der Waals surface area contributed by atoms with Crippen LogP contribution in [0.15, 0.2) is 42.5 Å². The molecule has 6 nitrogen and oxygen atoms in total. The van der Waals surface area contributed by atoms with Crippen LogP contribution in [0.3, 0.4) is 0 Å². The summed E-state index contributed by atoms with van der Waals surface area (Å²) in [6.07, 6.45) is 2.71. The van der Waals surface area contributed by atoms with Crippen molar-refractivity contribution < 1.29 is 17.9 Å². The minimum Gasteiger partial charge on any atom is -0.496 e. The first-order valence-corrected chi connectivity index (χ1v) is 14.2. The first-order chi connectivity index (χ1) is 16.6. The Bertz CT molecular complexity index is 1100. The summed E-state index contributed by atoms with van der Waals surface area (Å²) in [4.78, 5) is 13.1. The fourth-order valence-corrected chi connectivity index (χ4v) is 6.44. The van der Waals surface area contributed by atoms with Crippen LogP contribution in [0.1, 0.15) is 74.2 Å². The number of benzene rings is 2. The van der Waals surface area contributed by atoms with Gasteiger partial charge >= 0.3 is 0 Å². The van der Waals surface area contributed by atoms with Crippen LogP contribution in [0, 0.1) is 12.8 Å². The van der Waals surface area contributed by atoms with E-state index in [2.05, 4.69) is 25.2 Å². The quantitative estimate of drug-likeness (QED) is 0.499. The molecule has 1 fully saturated rings. The predicted molar refractivity (Wildman–Crippen MR) is 141 cm³/mol. The molecule has 7 heteroatoms. The number of hydrogen-bond acceptors (Lipinski definition) is 4. The maximum absolute atomic E-state index is 13.1. The zero-order chi connectivity index (χ0) is 25.6. The van der Waals surface area contributed by atoms with E-state index in [0.29, 0.717) is 31.7 Å². The maximum Gasteiger partial charge on any atom is 0.224 e. The predicted octanol–water partition coefficient (Wildman–Crippen LogP) is 4.98. The number of hydrogen-bond donors (Lipinski definition) is 1. The van der Waals surface area contributed by atoms with Gasteiger partial charge in [0.15, 0.2) is 0 Å². The van der Waals surface area contributed by atoms with Gasteiger partial charge in [0.25, 0.3) is 0 Å². The smallest absolute Gasteiger partial charge is 0.224 e. The van der Waals surface area contributed by atoms with E-state index in [9.17, 15) is 13.2 Å². The van der Waals surface area contributed by atoms with Crippen molar-refractivity contribution >= 4 is 15.9 Å². The van der Waals surface area contributed by atoms with Crippen molar-refractivity contribution in [1.82, 2.24) is 9.62 Å². The molecule has 0 saturated carbocycles. The summed E-state index contributed by atoms with van der Waals surface area (Å²) in [7, 11) is -1.71. The monoisotopic (exact) mass is 500 g/mol. The van der Waals surface area contributed by atoms with Crippen molar-refractivity contribution in [3.8, 4) is 5.75 Å². The van der Waals surface area contributed by atoms with E-state index in [1.807, 2.05) is 50.2 Å². The van der Waals surface area contributed by atoms with Crippen molar-refractivity contribution in [3.63, 3.8) is 0 Å². The minimum absolute atomic E-state index is 0.0806. The Balaban J connectivity index is 1.61. The molecule has 2 aromatic rings. The number of amides is 1. The Hall–Kier alpha value is -2.38. The van der Waals surface area contributed by atoms with Crippen molar-refractivity contribution in [2.24, 2.45) is 5.92 Å². The number of methoxy groups -OCH3 is 1. The van der Waals surface area contributed by atoms with Gasteiger partial charge in [-0.2, -0.15) is 0 Å². The van der Waals surface area contributed by atoms with Crippen molar-refractivity contribution in [2.75, 3.05) is 26.0 Å². The van der Waals surface area contributed by atoms with E-state index in [0.717, 1.165) is 34.4 Å². The van der Waals surface area contributed by atoms with E-state index in [1.165, 1.54) is 4.31 Å². The number of ether oxygens (including phenoxy) is 1. The lowest BCUT2D eigenvalue weighted by Gasteiger charge is -2.32. The second-order valence-corrected chi connectivity index (χ2v) is 12.0. The van der Waals surface area contributed by atoms with E-state index in [1.54, 1.807) is 7.11 Å². The van der Waals surface area contributed by atoms with E-state index < -0.39 is 10.0 Å². The molecule has 0 aromatic heterocycles. The first-order valence-electron chi connectivity index (χ1n) is 12.6. The second kappa shape index (κ2) is 12.0. The summed E-state index contributed by atoms with van der Waals surface area (Å²) < 4.78 is 33.0. The summed E-state index contributed by atoms with van der Waals surface area (Å²) in [5.74, 6) is 0.850. The number of sulfonamides is 1. The molecule has 1 aliphatic rings. The molecule has 0 unspecified atom stereocenters. The van der Waals surface area contributed by atoms with Crippen LogP contribution < -0.4 is 10.1 Å². The third kappa shape index (κ3) is 7.07.